The molecule has 20 heavy (non-hydrogen) atoms. The summed E-state index contributed by atoms with van der Waals surface area (Å²) in [5.74, 6) is 0. The van der Waals surface area contributed by atoms with E-state index < -0.39 is 0 Å². The third-order valence-electron chi connectivity index (χ3n) is 4.75. The Morgan fingerprint density at radius 1 is 1.15 bits per heavy atom. The standard InChI is InChI=1S/C18H29NO/c1-15-9-8-10-16(13-15)14-17(20)18(2,3)19-11-6-4-5-7-12-19/h8-10,13,17,20H,4-7,11-12,14H2,1-3H3. The van der Waals surface area contributed by atoms with E-state index in [1.807, 2.05) is 0 Å². The SMILES string of the molecule is Cc1cccc(CC(O)C(C)(C)N2CCCCCC2)c1. The lowest BCUT2D eigenvalue weighted by atomic mass is 9.89. The molecule has 2 nitrogen and oxygen atoms in total. The first-order valence-corrected chi connectivity index (χ1v) is 7.99. The summed E-state index contributed by atoms with van der Waals surface area (Å²) in [5, 5.41) is 10.7. The Bertz CT molecular complexity index is 419. The fourth-order valence-corrected chi connectivity index (χ4v) is 3.17. The van der Waals surface area contributed by atoms with Crippen LogP contribution in [-0.2, 0) is 6.42 Å². The molecule has 1 aliphatic rings. The Morgan fingerprint density at radius 2 is 1.80 bits per heavy atom. The van der Waals surface area contributed by atoms with E-state index >= 15 is 0 Å². The van der Waals surface area contributed by atoms with Crippen LogP contribution in [0, 0.1) is 6.92 Å². The third kappa shape index (κ3) is 3.83. The summed E-state index contributed by atoms with van der Waals surface area (Å²) in [6.45, 7) is 8.74. The van der Waals surface area contributed by atoms with E-state index in [2.05, 4.69) is 49.9 Å². The molecular weight excluding hydrogens is 246 g/mol. The van der Waals surface area contributed by atoms with Gasteiger partial charge >= 0.3 is 0 Å². The van der Waals surface area contributed by atoms with Gasteiger partial charge in [-0.25, -0.2) is 0 Å². The maximum atomic E-state index is 10.7. The fraction of sp³-hybridized carbons (Fsp3) is 0.667. The quantitative estimate of drug-likeness (QED) is 0.908. The summed E-state index contributed by atoms with van der Waals surface area (Å²) >= 11 is 0. The molecule has 1 N–H and O–H groups in total. The first-order chi connectivity index (χ1) is 9.50. The van der Waals surface area contributed by atoms with Crippen molar-refractivity contribution in [1.82, 2.24) is 4.90 Å². The number of nitrogens with zero attached hydrogens (tertiary/aromatic N) is 1. The maximum absolute atomic E-state index is 10.7. The van der Waals surface area contributed by atoms with Crippen molar-refractivity contribution in [2.45, 2.75) is 64.5 Å². The summed E-state index contributed by atoms with van der Waals surface area (Å²) in [4.78, 5) is 2.49. The Labute approximate surface area is 123 Å². The fourth-order valence-electron chi connectivity index (χ4n) is 3.17. The van der Waals surface area contributed by atoms with Crippen LogP contribution in [-0.4, -0.2) is 34.7 Å². The molecule has 0 bridgehead atoms. The van der Waals surface area contributed by atoms with Crippen molar-refractivity contribution in [1.29, 1.82) is 0 Å². The molecule has 1 heterocycles. The molecule has 0 aromatic heterocycles. The Kier molecular flexibility index (Phi) is 5.22. The Balaban J connectivity index is 2.03. The van der Waals surface area contributed by atoms with E-state index in [1.54, 1.807) is 0 Å². The second kappa shape index (κ2) is 6.73. The number of hydrogen-bond donors (Lipinski definition) is 1. The predicted octanol–water partition coefficient (Wildman–Crippen LogP) is 3.55. The zero-order valence-corrected chi connectivity index (χ0v) is 13.2. The zero-order chi connectivity index (χ0) is 14.6. The molecule has 1 aliphatic heterocycles. The van der Waals surface area contributed by atoms with Crippen LogP contribution in [0.25, 0.3) is 0 Å². The van der Waals surface area contributed by atoms with E-state index in [0.29, 0.717) is 0 Å². The van der Waals surface area contributed by atoms with Crippen molar-refractivity contribution in [3.63, 3.8) is 0 Å². The molecule has 0 radical (unpaired) electrons. The number of rotatable bonds is 4. The smallest absolute Gasteiger partial charge is 0.0758 e. The molecule has 2 heteroatoms. The summed E-state index contributed by atoms with van der Waals surface area (Å²) in [7, 11) is 0. The Hall–Kier alpha value is -0.860. The highest BCUT2D eigenvalue weighted by Crippen LogP contribution is 2.25. The van der Waals surface area contributed by atoms with Gasteiger partial charge in [0.25, 0.3) is 0 Å². The van der Waals surface area contributed by atoms with Gasteiger partial charge in [-0.2, -0.15) is 0 Å². The van der Waals surface area contributed by atoms with E-state index in [9.17, 15) is 5.11 Å². The number of likely N-dealkylation sites (tertiary alicyclic amines) is 1. The normalized spacial score (nSPS) is 19.6. The highest BCUT2D eigenvalue weighted by molar-refractivity contribution is 5.23. The van der Waals surface area contributed by atoms with Gasteiger partial charge in [-0.05, 0) is 52.3 Å². The molecule has 1 fully saturated rings. The van der Waals surface area contributed by atoms with Crippen molar-refractivity contribution in [3.8, 4) is 0 Å². The highest BCUT2D eigenvalue weighted by atomic mass is 16.3. The largest absolute Gasteiger partial charge is 0.391 e. The van der Waals surface area contributed by atoms with Crippen LogP contribution in [0.2, 0.25) is 0 Å². The summed E-state index contributed by atoms with van der Waals surface area (Å²) in [6.07, 6.45) is 5.62. The van der Waals surface area contributed by atoms with Crippen LogP contribution in [0.5, 0.6) is 0 Å². The molecule has 0 aliphatic carbocycles. The van der Waals surface area contributed by atoms with Crippen LogP contribution in [0.15, 0.2) is 24.3 Å². The Morgan fingerprint density at radius 3 is 2.40 bits per heavy atom. The average Bonchev–Trinajstić information content (AvgIpc) is 2.67. The van der Waals surface area contributed by atoms with Crippen molar-refractivity contribution in [2.75, 3.05) is 13.1 Å². The number of aryl methyl sites for hydroxylation is 1. The van der Waals surface area contributed by atoms with Crippen LogP contribution in [0.4, 0.5) is 0 Å². The highest BCUT2D eigenvalue weighted by Gasteiger charge is 2.34. The van der Waals surface area contributed by atoms with Gasteiger partial charge in [0.1, 0.15) is 0 Å². The third-order valence-corrected chi connectivity index (χ3v) is 4.75. The molecule has 1 aromatic rings. The number of aliphatic hydroxyl groups excluding tert-OH is 1. The lowest BCUT2D eigenvalue weighted by molar-refractivity contribution is -0.00786. The van der Waals surface area contributed by atoms with Gasteiger partial charge < -0.3 is 5.11 Å². The second-order valence-corrected chi connectivity index (χ2v) is 6.76. The van der Waals surface area contributed by atoms with E-state index in [4.69, 9.17) is 0 Å². The van der Waals surface area contributed by atoms with Gasteiger partial charge in [0.05, 0.1) is 6.10 Å². The predicted molar refractivity (Wildman–Crippen MR) is 85.0 cm³/mol. The van der Waals surface area contributed by atoms with Crippen LogP contribution in [0.3, 0.4) is 0 Å². The van der Waals surface area contributed by atoms with E-state index in [1.165, 1.54) is 36.8 Å². The van der Waals surface area contributed by atoms with E-state index in [-0.39, 0.29) is 11.6 Å². The van der Waals surface area contributed by atoms with Gasteiger partial charge in [0.2, 0.25) is 0 Å². The topological polar surface area (TPSA) is 23.5 Å². The molecule has 1 saturated heterocycles. The molecule has 1 aromatic carbocycles. The van der Waals surface area contributed by atoms with Gasteiger partial charge in [-0.1, -0.05) is 42.7 Å². The van der Waals surface area contributed by atoms with Gasteiger partial charge in [0, 0.05) is 12.0 Å². The number of benzene rings is 1. The molecule has 2 rings (SSSR count). The average molecular weight is 275 g/mol. The van der Waals surface area contributed by atoms with Crippen molar-refractivity contribution >= 4 is 0 Å². The van der Waals surface area contributed by atoms with Crippen LogP contribution >= 0.6 is 0 Å². The summed E-state index contributed by atoms with van der Waals surface area (Å²) < 4.78 is 0. The monoisotopic (exact) mass is 275 g/mol. The summed E-state index contributed by atoms with van der Waals surface area (Å²) in [6, 6.07) is 8.49. The van der Waals surface area contributed by atoms with Gasteiger partial charge in [-0.15, -0.1) is 0 Å². The number of aliphatic hydroxyl groups is 1. The van der Waals surface area contributed by atoms with Gasteiger partial charge in [-0.3, -0.25) is 4.90 Å². The minimum atomic E-state index is -0.317. The van der Waals surface area contributed by atoms with Crippen molar-refractivity contribution in [3.05, 3.63) is 35.4 Å². The van der Waals surface area contributed by atoms with Crippen molar-refractivity contribution in [2.24, 2.45) is 0 Å². The van der Waals surface area contributed by atoms with Gasteiger partial charge in [0.15, 0.2) is 0 Å². The molecule has 0 amide bonds. The maximum Gasteiger partial charge on any atom is 0.0758 e. The molecule has 1 atom stereocenters. The number of hydrogen-bond acceptors (Lipinski definition) is 2. The molecule has 0 spiro atoms. The first-order valence-electron chi connectivity index (χ1n) is 7.99. The van der Waals surface area contributed by atoms with Crippen molar-refractivity contribution < 1.29 is 5.11 Å². The minimum Gasteiger partial charge on any atom is -0.391 e. The molecular formula is C18H29NO. The van der Waals surface area contributed by atoms with Crippen LogP contribution < -0.4 is 0 Å². The first kappa shape index (κ1) is 15.5. The lowest BCUT2D eigenvalue weighted by Crippen LogP contribution is -2.53. The van der Waals surface area contributed by atoms with E-state index in [0.717, 1.165) is 19.5 Å². The van der Waals surface area contributed by atoms with Crippen LogP contribution in [0.1, 0.15) is 50.7 Å². The lowest BCUT2D eigenvalue weighted by Gasteiger charge is -2.41. The zero-order valence-electron chi connectivity index (χ0n) is 13.2. The molecule has 0 saturated carbocycles. The minimum absolute atomic E-state index is 0.145. The summed E-state index contributed by atoms with van der Waals surface area (Å²) in [5.41, 5.74) is 2.36. The molecule has 112 valence electrons. The second-order valence-electron chi connectivity index (χ2n) is 6.76. The molecule has 1 unspecified atom stereocenters.